The van der Waals surface area contributed by atoms with Crippen LogP contribution in [0.3, 0.4) is 0 Å². The molecule has 2 rings (SSSR count). The van der Waals surface area contributed by atoms with E-state index in [-0.39, 0.29) is 18.5 Å². The molecule has 0 atom stereocenters. The molecule has 0 spiro atoms. The van der Waals surface area contributed by atoms with Gasteiger partial charge in [0.05, 0.1) is 19.1 Å². The highest BCUT2D eigenvalue weighted by atomic mass is 16.5. The fraction of sp³-hybridized carbons (Fsp3) is 0.562. The molecule has 1 heterocycles. The number of ether oxygens (including phenoxy) is 1. The molecule has 0 aromatic heterocycles. The van der Waals surface area contributed by atoms with Gasteiger partial charge in [0, 0.05) is 24.3 Å². The minimum Gasteiger partial charge on any atom is -0.466 e. The molecule has 1 saturated heterocycles. The van der Waals surface area contributed by atoms with E-state index in [0.29, 0.717) is 6.61 Å². The lowest BCUT2D eigenvalue weighted by Crippen LogP contribution is -2.37. The van der Waals surface area contributed by atoms with Crippen molar-refractivity contribution in [1.82, 2.24) is 0 Å². The summed E-state index contributed by atoms with van der Waals surface area (Å²) < 4.78 is 5.09. The van der Waals surface area contributed by atoms with Crippen LogP contribution in [0.5, 0.6) is 0 Å². The van der Waals surface area contributed by atoms with Crippen LogP contribution in [0.1, 0.15) is 30.9 Å². The predicted molar refractivity (Wildman–Crippen MR) is 78.7 cm³/mol. The van der Waals surface area contributed by atoms with Crippen molar-refractivity contribution in [2.24, 2.45) is 5.92 Å². The maximum Gasteiger partial charge on any atom is 0.309 e. The van der Waals surface area contributed by atoms with Crippen LogP contribution in [0.15, 0.2) is 18.2 Å². The van der Waals surface area contributed by atoms with Crippen LogP contribution >= 0.6 is 0 Å². The molecule has 20 heavy (non-hydrogen) atoms. The van der Waals surface area contributed by atoms with Gasteiger partial charge in [0.15, 0.2) is 0 Å². The van der Waals surface area contributed by atoms with E-state index in [1.165, 1.54) is 5.56 Å². The van der Waals surface area contributed by atoms with E-state index in [4.69, 9.17) is 4.74 Å². The molecule has 4 nitrogen and oxygen atoms in total. The van der Waals surface area contributed by atoms with Crippen LogP contribution < -0.4 is 4.90 Å². The van der Waals surface area contributed by atoms with Gasteiger partial charge in [-0.1, -0.05) is 12.1 Å². The summed E-state index contributed by atoms with van der Waals surface area (Å²) in [4.78, 5) is 14.0. The predicted octanol–water partition coefficient (Wildman–Crippen LogP) is 2.27. The maximum atomic E-state index is 11.7. The zero-order valence-electron chi connectivity index (χ0n) is 12.3. The van der Waals surface area contributed by atoms with Crippen LogP contribution in [0.2, 0.25) is 0 Å². The molecular formula is C16H23NO3. The number of piperidine rings is 1. The Bertz CT molecular complexity index is 465. The minimum atomic E-state index is -0.0706. The lowest BCUT2D eigenvalue weighted by molar-refractivity contribution is -0.148. The topological polar surface area (TPSA) is 49.8 Å². The Hall–Kier alpha value is -1.55. The Morgan fingerprint density at radius 1 is 1.40 bits per heavy atom. The molecule has 0 aliphatic carbocycles. The van der Waals surface area contributed by atoms with E-state index >= 15 is 0 Å². The van der Waals surface area contributed by atoms with Gasteiger partial charge < -0.3 is 14.7 Å². The quantitative estimate of drug-likeness (QED) is 0.858. The van der Waals surface area contributed by atoms with Gasteiger partial charge in [-0.15, -0.1) is 0 Å². The Morgan fingerprint density at radius 3 is 2.70 bits per heavy atom. The molecular weight excluding hydrogens is 254 g/mol. The smallest absolute Gasteiger partial charge is 0.309 e. The standard InChI is InChI=1S/C16H23NO3/c1-3-20-16(19)13-6-8-17(9-7-13)15-10-12(2)4-5-14(15)11-18/h4-5,10,13,18H,3,6-9,11H2,1-2H3. The van der Waals surface area contributed by atoms with E-state index in [0.717, 1.165) is 37.2 Å². The van der Waals surface area contributed by atoms with Gasteiger partial charge in [-0.2, -0.15) is 0 Å². The Balaban J connectivity index is 2.03. The zero-order valence-corrected chi connectivity index (χ0v) is 12.3. The van der Waals surface area contributed by atoms with E-state index in [1.807, 2.05) is 19.1 Å². The fourth-order valence-electron chi connectivity index (χ4n) is 2.72. The third kappa shape index (κ3) is 3.31. The average molecular weight is 277 g/mol. The molecule has 1 aliphatic heterocycles. The van der Waals surface area contributed by atoms with Crippen molar-refractivity contribution in [2.75, 3.05) is 24.6 Å². The zero-order chi connectivity index (χ0) is 14.5. The van der Waals surface area contributed by atoms with Crippen molar-refractivity contribution in [3.8, 4) is 0 Å². The lowest BCUT2D eigenvalue weighted by atomic mass is 9.96. The van der Waals surface area contributed by atoms with Gasteiger partial charge >= 0.3 is 5.97 Å². The summed E-state index contributed by atoms with van der Waals surface area (Å²) in [6.45, 7) is 6.06. The molecule has 0 amide bonds. The van der Waals surface area contributed by atoms with E-state index < -0.39 is 0 Å². The number of hydrogen-bond acceptors (Lipinski definition) is 4. The third-order valence-electron chi connectivity index (χ3n) is 3.87. The van der Waals surface area contributed by atoms with Gasteiger partial charge in [0.25, 0.3) is 0 Å². The van der Waals surface area contributed by atoms with Crippen molar-refractivity contribution >= 4 is 11.7 Å². The molecule has 0 unspecified atom stereocenters. The minimum absolute atomic E-state index is 0.0218. The first-order chi connectivity index (χ1) is 9.65. The molecule has 1 N–H and O–H groups in total. The highest BCUT2D eigenvalue weighted by Crippen LogP contribution is 2.28. The van der Waals surface area contributed by atoms with Crippen molar-refractivity contribution in [3.63, 3.8) is 0 Å². The second-order valence-electron chi connectivity index (χ2n) is 5.30. The number of carbonyl (C=O) groups excluding carboxylic acids is 1. The number of esters is 1. The summed E-state index contributed by atoms with van der Waals surface area (Å²) in [5.41, 5.74) is 3.23. The maximum absolute atomic E-state index is 11.7. The fourth-order valence-corrected chi connectivity index (χ4v) is 2.72. The Labute approximate surface area is 120 Å². The van der Waals surface area contributed by atoms with Crippen molar-refractivity contribution in [2.45, 2.75) is 33.3 Å². The largest absolute Gasteiger partial charge is 0.466 e. The molecule has 1 fully saturated rings. The van der Waals surface area contributed by atoms with Crippen molar-refractivity contribution in [3.05, 3.63) is 29.3 Å². The average Bonchev–Trinajstić information content (AvgIpc) is 2.47. The van der Waals surface area contributed by atoms with E-state index in [1.54, 1.807) is 0 Å². The van der Waals surface area contributed by atoms with Gasteiger partial charge in [0.1, 0.15) is 0 Å². The summed E-state index contributed by atoms with van der Waals surface area (Å²) in [7, 11) is 0. The molecule has 0 radical (unpaired) electrons. The number of carbonyl (C=O) groups is 1. The van der Waals surface area contributed by atoms with Crippen molar-refractivity contribution < 1.29 is 14.6 Å². The highest BCUT2D eigenvalue weighted by molar-refractivity contribution is 5.73. The van der Waals surface area contributed by atoms with E-state index in [2.05, 4.69) is 17.9 Å². The normalized spacial score (nSPS) is 16.2. The van der Waals surface area contributed by atoms with Gasteiger partial charge in [-0.3, -0.25) is 4.79 Å². The summed E-state index contributed by atoms with van der Waals surface area (Å²) in [5, 5.41) is 9.45. The first-order valence-electron chi connectivity index (χ1n) is 7.27. The van der Waals surface area contributed by atoms with Crippen LogP contribution in [0, 0.1) is 12.8 Å². The Kier molecular flexibility index (Phi) is 5.01. The number of benzene rings is 1. The first kappa shape index (κ1) is 14.9. The monoisotopic (exact) mass is 277 g/mol. The number of rotatable bonds is 4. The molecule has 1 aromatic rings. The highest BCUT2D eigenvalue weighted by Gasteiger charge is 2.26. The molecule has 0 bridgehead atoms. The van der Waals surface area contributed by atoms with Crippen LogP contribution in [0.4, 0.5) is 5.69 Å². The number of anilines is 1. The van der Waals surface area contributed by atoms with E-state index in [9.17, 15) is 9.90 Å². The van der Waals surface area contributed by atoms with Crippen molar-refractivity contribution in [1.29, 1.82) is 0 Å². The Morgan fingerprint density at radius 2 is 2.10 bits per heavy atom. The second-order valence-corrected chi connectivity index (χ2v) is 5.30. The summed E-state index contributed by atoms with van der Waals surface area (Å²) >= 11 is 0. The van der Waals surface area contributed by atoms with Crippen LogP contribution in [0.25, 0.3) is 0 Å². The third-order valence-corrected chi connectivity index (χ3v) is 3.87. The number of aryl methyl sites for hydroxylation is 1. The van der Waals surface area contributed by atoms with Gasteiger partial charge in [-0.25, -0.2) is 0 Å². The first-order valence-corrected chi connectivity index (χ1v) is 7.27. The molecule has 0 saturated carbocycles. The van der Waals surface area contributed by atoms with Gasteiger partial charge in [-0.05, 0) is 38.3 Å². The van der Waals surface area contributed by atoms with Gasteiger partial charge in [0.2, 0.25) is 0 Å². The SMILES string of the molecule is CCOC(=O)C1CCN(c2cc(C)ccc2CO)CC1. The molecule has 110 valence electrons. The van der Waals surface area contributed by atoms with Crippen LogP contribution in [-0.4, -0.2) is 30.8 Å². The van der Waals surface area contributed by atoms with Crippen LogP contribution in [-0.2, 0) is 16.1 Å². The second kappa shape index (κ2) is 6.75. The summed E-state index contributed by atoms with van der Waals surface area (Å²) in [6, 6.07) is 6.10. The molecule has 1 aromatic carbocycles. The number of hydrogen-bond donors (Lipinski definition) is 1. The molecule has 4 heteroatoms. The lowest BCUT2D eigenvalue weighted by Gasteiger charge is -2.34. The number of aliphatic hydroxyl groups excluding tert-OH is 1. The number of aliphatic hydroxyl groups is 1. The summed E-state index contributed by atoms with van der Waals surface area (Å²) in [6.07, 6.45) is 1.63. The molecule has 1 aliphatic rings. The number of nitrogens with zero attached hydrogens (tertiary/aromatic N) is 1. The summed E-state index contributed by atoms with van der Waals surface area (Å²) in [5.74, 6) is -0.0487.